The molecule has 9 heteroatoms. The number of anilines is 1. The summed E-state index contributed by atoms with van der Waals surface area (Å²) in [6.45, 7) is 3.90. The summed E-state index contributed by atoms with van der Waals surface area (Å²) in [7, 11) is 0. The van der Waals surface area contributed by atoms with Crippen molar-refractivity contribution in [3.05, 3.63) is 88.9 Å². The number of thiazole rings is 1. The van der Waals surface area contributed by atoms with Crippen molar-refractivity contribution in [1.82, 2.24) is 19.7 Å². The molecule has 1 aliphatic heterocycles. The van der Waals surface area contributed by atoms with Crippen molar-refractivity contribution >= 4 is 40.3 Å². The van der Waals surface area contributed by atoms with Gasteiger partial charge in [-0.05, 0) is 30.5 Å². The minimum atomic E-state index is -0.282. The van der Waals surface area contributed by atoms with Gasteiger partial charge in [-0.15, -0.1) is 11.3 Å². The van der Waals surface area contributed by atoms with Gasteiger partial charge in [0.15, 0.2) is 5.13 Å². The van der Waals surface area contributed by atoms with Gasteiger partial charge in [0.2, 0.25) is 11.8 Å². The Bertz CT molecular complexity index is 1300. The summed E-state index contributed by atoms with van der Waals surface area (Å²) in [5, 5.41) is 5.06. The maximum absolute atomic E-state index is 12.9. The number of nitrogens with zero attached hydrogens (tertiary/aromatic N) is 4. The number of nitrogens with one attached hydrogen (secondary N) is 1. The van der Waals surface area contributed by atoms with Crippen molar-refractivity contribution in [3.8, 4) is 0 Å². The van der Waals surface area contributed by atoms with Crippen LogP contribution < -0.4 is 5.32 Å². The number of carbonyl (C=O) groups is 3. The standard InChI is InChI=1S/C30H33N5O3S/c36-27(21-35(26-13-14-26)29(38)24-11-5-2-6-12-24)32-30-31-25(22-39-30)20-28(37)34-18-16-33(17-19-34)15-7-10-23-8-3-1-4-9-23/h1-12,22,26H,13-21H2,(H,31,32,36)/b10-7+. The van der Waals surface area contributed by atoms with Gasteiger partial charge in [-0.1, -0.05) is 60.7 Å². The third-order valence-corrected chi connectivity index (χ3v) is 7.72. The molecule has 1 aliphatic carbocycles. The summed E-state index contributed by atoms with van der Waals surface area (Å²) in [6.07, 6.45) is 6.32. The van der Waals surface area contributed by atoms with Gasteiger partial charge in [0.05, 0.1) is 12.1 Å². The minimum absolute atomic E-state index is 0.0168. The number of piperazine rings is 1. The number of carbonyl (C=O) groups excluding carboxylic acids is 3. The van der Waals surface area contributed by atoms with E-state index in [0.29, 0.717) is 29.5 Å². The lowest BCUT2D eigenvalue weighted by atomic mass is 10.2. The zero-order valence-corrected chi connectivity index (χ0v) is 22.7. The highest BCUT2D eigenvalue weighted by molar-refractivity contribution is 7.13. The van der Waals surface area contributed by atoms with E-state index < -0.39 is 0 Å². The molecule has 202 valence electrons. The van der Waals surface area contributed by atoms with Gasteiger partial charge in [-0.3, -0.25) is 19.3 Å². The second-order valence-electron chi connectivity index (χ2n) is 9.89. The Balaban J connectivity index is 1.06. The largest absolute Gasteiger partial charge is 0.340 e. The molecule has 2 heterocycles. The maximum atomic E-state index is 12.9. The van der Waals surface area contributed by atoms with Crippen LogP contribution in [0.15, 0.2) is 72.1 Å². The molecule has 0 spiro atoms. The molecule has 1 saturated heterocycles. The van der Waals surface area contributed by atoms with E-state index in [0.717, 1.165) is 32.5 Å². The molecule has 5 rings (SSSR count). The normalized spacial score (nSPS) is 15.8. The van der Waals surface area contributed by atoms with Crippen molar-refractivity contribution in [2.45, 2.75) is 25.3 Å². The Kier molecular flexibility index (Phi) is 8.80. The molecular weight excluding hydrogens is 510 g/mol. The summed E-state index contributed by atoms with van der Waals surface area (Å²) in [5.74, 6) is -0.368. The molecule has 1 saturated carbocycles. The van der Waals surface area contributed by atoms with Crippen LogP contribution >= 0.6 is 11.3 Å². The Morgan fingerprint density at radius 3 is 2.36 bits per heavy atom. The zero-order valence-electron chi connectivity index (χ0n) is 21.9. The molecule has 1 aromatic heterocycles. The van der Waals surface area contributed by atoms with E-state index in [1.54, 1.807) is 17.0 Å². The fourth-order valence-corrected chi connectivity index (χ4v) is 5.33. The minimum Gasteiger partial charge on any atom is -0.340 e. The first kappa shape index (κ1) is 26.8. The van der Waals surface area contributed by atoms with Gasteiger partial charge in [-0.25, -0.2) is 4.98 Å². The van der Waals surface area contributed by atoms with Crippen LogP contribution in [0.1, 0.15) is 34.5 Å². The molecule has 0 unspecified atom stereocenters. The third kappa shape index (κ3) is 7.61. The molecule has 8 nitrogen and oxygen atoms in total. The van der Waals surface area contributed by atoms with Gasteiger partial charge in [0.1, 0.15) is 6.54 Å². The molecule has 0 atom stereocenters. The quantitative estimate of drug-likeness (QED) is 0.421. The summed E-state index contributed by atoms with van der Waals surface area (Å²) in [4.78, 5) is 48.8. The van der Waals surface area contributed by atoms with Crippen LogP contribution in [0.5, 0.6) is 0 Å². The van der Waals surface area contributed by atoms with Crippen LogP contribution in [0.3, 0.4) is 0 Å². The van der Waals surface area contributed by atoms with E-state index in [-0.39, 0.29) is 36.7 Å². The SMILES string of the molecule is O=C(CN(C(=O)c1ccccc1)C1CC1)Nc1nc(CC(=O)N2CCN(C/C=C/c3ccccc3)CC2)cs1. The first-order chi connectivity index (χ1) is 19.0. The van der Waals surface area contributed by atoms with Gasteiger partial charge in [0.25, 0.3) is 5.91 Å². The number of amides is 3. The van der Waals surface area contributed by atoms with Crippen molar-refractivity contribution in [3.63, 3.8) is 0 Å². The second-order valence-corrected chi connectivity index (χ2v) is 10.8. The van der Waals surface area contributed by atoms with Crippen molar-refractivity contribution in [2.75, 3.05) is 44.6 Å². The fourth-order valence-electron chi connectivity index (χ4n) is 4.61. The van der Waals surface area contributed by atoms with E-state index in [1.807, 2.05) is 46.7 Å². The van der Waals surface area contributed by atoms with Crippen molar-refractivity contribution in [2.24, 2.45) is 0 Å². The lowest BCUT2D eigenvalue weighted by Gasteiger charge is -2.34. The highest BCUT2D eigenvalue weighted by Crippen LogP contribution is 2.28. The lowest BCUT2D eigenvalue weighted by Crippen LogP contribution is -2.49. The summed E-state index contributed by atoms with van der Waals surface area (Å²) in [6, 6.07) is 19.4. The predicted octanol–water partition coefficient (Wildman–Crippen LogP) is 3.79. The summed E-state index contributed by atoms with van der Waals surface area (Å²) < 4.78 is 0. The van der Waals surface area contributed by atoms with E-state index in [2.05, 4.69) is 39.5 Å². The number of aromatic nitrogens is 1. The van der Waals surface area contributed by atoms with Crippen molar-refractivity contribution in [1.29, 1.82) is 0 Å². The summed E-state index contributed by atoms with van der Waals surface area (Å²) >= 11 is 1.30. The fraction of sp³-hybridized carbons (Fsp3) is 0.333. The van der Waals surface area contributed by atoms with Gasteiger partial charge < -0.3 is 15.1 Å². The first-order valence-electron chi connectivity index (χ1n) is 13.4. The molecule has 2 aliphatic rings. The molecule has 3 amide bonds. The Morgan fingerprint density at radius 2 is 1.67 bits per heavy atom. The molecule has 0 radical (unpaired) electrons. The third-order valence-electron chi connectivity index (χ3n) is 6.91. The first-order valence-corrected chi connectivity index (χ1v) is 14.2. The Hall–Kier alpha value is -3.82. The number of benzene rings is 2. The average molecular weight is 544 g/mol. The molecule has 39 heavy (non-hydrogen) atoms. The molecule has 1 N–H and O–H groups in total. The van der Waals surface area contributed by atoms with Crippen LogP contribution in [-0.4, -0.2) is 82.7 Å². The number of rotatable bonds is 10. The second kappa shape index (κ2) is 12.8. The molecule has 2 fully saturated rings. The highest BCUT2D eigenvalue weighted by Gasteiger charge is 2.34. The predicted molar refractivity (Wildman–Crippen MR) is 153 cm³/mol. The van der Waals surface area contributed by atoms with E-state index in [1.165, 1.54) is 16.9 Å². The lowest BCUT2D eigenvalue weighted by molar-refractivity contribution is -0.132. The maximum Gasteiger partial charge on any atom is 0.254 e. The molecule has 2 aromatic carbocycles. The average Bonchev–Trinajstić information content (AvgIpc) is 3.72. The van der Waals surface area contributed by atoms with E-state index >= 15 is 0 Å². The van der Waals surface area contributed by atoms with Crippen LogP contribution in [-0.2, 0) is 16.0 Å². The topological polar surface area (TPSA) is 85.8 Å². The zero-order chi connectivity index (χ0) is 27.0. The molecule has 3 aromatic rings. The Labute approximate surface area is 232 Å². The van der Waals surface area contributed by atoms with Gasteiger partial charge in [-0.2, -0.15) is 0 Å². The van der Waals surface area contributed by atoms with E-state index in [4.69, 9.17) is 0 Å². The highest BCUT2D eigenvalue weighted by atomic mass is 32.1. The van der Waals surface area contributed by atoms with Gasteiger partial charge >= 0.3 is 0 Å². The number of hydrogen-bond donors (Lipinski definition) is 1. The van der Waals surface area contributed by atoms with Crippen LogP contribution in [0.25, 0.3) is 6.08 Å². The Morgan fingerprint density at radius 1 is 0.974 bits per heavy atom. The van der Waals surface area contributed by atoms with Gasteiger partial charge in [0, 0.05) is 49.7 Å². The molecule has 0 bridgehead atoms. The smallest absolute Gasteiger partial charge is 0.254 e. The van der Waals surface area contributed by atoms with Crippen LogP contribution in [0, 0.1) is 0 Å². The monoisotopic (exact) mass is 543 g/mol. The van der Waals surface area contributed by atoms with E-state index in [9.17, 15) is 14.4 Å². The van der Waals surface area contributed by atoms with Crippen LogP contribution in [0.4, 0.5) is 5.13 Å². The van der Waals surface area contributed by atoms with Crippen LogP contribution in [0.2, 0.25) is 0 Å². The number of hydrogen-bond acceptors (Lipinski definition) is 6. The molecular formula is C30H33N5O3S. The summed E-state index contributed by atoms with van der Waals surface area (Å²) in [5.41, 5.74) is 2.41. The van der Waals surface area contributed by atoms with Crippen molar-refractivity contribution < 1.29 is 14.4 Å².